The molecule has 22 heavy (non-hydrogen) atoms. The number of benzene rings is 1. The van der Waals surface area contributed by atoms with Gasteiger partial charge in [0.25, 0.3) is 0 Å². The molecule has 0 saturated carbocycles. The molecule has 0 heterocycles. The molecule has 0 amide bonds. The minimum atomic E-state index is -1.31. The molecule has 9 nitrogen and oxygen atoms in total. The van der Waals surface area contributed by atoms with Gasteiger partial charge in [0, 0.05) is 5.30 Å². The van der Waals surface area contributed by atoms with E-state index in [4.69, 9.17) is 20.4 Å². The number of hydrogen-bond donors (Lipinski definition) is 4. The van der Waals surface area contributed by atoms with Gasteiger partial charge < -0.3 is 25.0 Å². The molecule has 10 heteroatoms. The van der Waals surface area contributed by atoms with E-state index in [1.807, 2.05) is 30.3 Å². The largest absolute Gasteiger partial charge is 0.481 e. The highest BCUT2D eigenvalue weighted by atomic mass is 31.1. The molecular weight excluding hydrogens is 319 g/mol. The lowest BCUT2D eigenvalue weighted by atomic mass is 10.4. The summed E-state index contributed by atoms with van der Waals surface area (Å²) in [5, 5.41) is 31.7. The van der Waals surface area contributed by atoms with Crippen LogP contribution in [0.4, 0.5) is 0 Å². The van der Waals surface area contributed by atoms with Crippen LogP contribution in [-0.2, 0) is 23.7 Å². The fourth-order valence-electron chi connectivity index (χ4n) is 0.790. The number of carbonyl (C=O) groups is 4. The van der Waals surface area contributed by atoms with Crippen molar-refractivity contribution in [3.8, 4) is 0 Å². The van der Waals surface area contributed by atoms with Crippen LogP contribution in [0.5, 0.6) is 0 Å². The molecule has 0 bridgehead atoms. The molecule has 1 aromatic carbocycles. The first-order valence-corrected chi connectivity index (χ1v) is 6.61. The zero-order chi connectivity index (χ0) is 17.5. The fourth-order valence-corrected chi connectivity index (χ4v) is 1.17. The van der Waals surface area contributed by atoms with Crippen LogP contribution < -0.4 is 5.30 Å². The summed E-state index contributed by atoms with van der Waals surface area (Å²) in [4.78, 5) is 37.7. The van der Waals surface area contributed by atoms with Crippen LogP contribution in [-0.4, -0.2) is 44.3 Å². The van der Waals surface area contributed by atoms with Crippen LogP contribution in [0, 0.1) is 0 Å². The van der Waals surface area contributed by atoms with Crippen molar-refractivity contribution in [3.05, 3.63) is 30.3 Å². The third kappa shape index (κ3) is 19.7. The molecule has 0 aromatic heterocycles. The van der Waals surface area contributed by atoms with E-state index in [-0.39, 0.29) is 0 Å². The van der Waals surface area contributed by atoms with Crippen molar-refractivity contribution in [2.75, 3.05) is 0 Å². The molecule has 0 radical (unpaired) electrons. The molecule has 4 N–H and O–H groups in total. The zero-order valence-corrected chi connectivity index (χ0v) is 12.4. The average Bonchev–Trinajstić information content (AvgIpc) is 2.38. The zero-order valence-electron chi connectivity index (χ0n) is 11.2. The number of carboxylic acids is 4. The second-order valence-corrected chi connectivity index (χ2v) is 4.36. The standard InChI is InChI=1S/C6H7OP.2C3H4O4/c7-8-6-4-2-1-3-5-6;2*4-2(5)1-3(6)7/h1-5H,8H2;2*1H2,(H,4,5)(H,6,7). The summed E-state index contributed by atoms with van der Waals surface area (Å²) >= 11 is 0. The third-order valence-electron chi connectivity index (χ3n) is 1.54. The van der Waals surface area contributed by atoms with Gasteiger partial charge in [0.05, 0.1) is 8.46 Å². The summed E-state index contributed by atoms with van der Waals surface area (Å²) < 4.78 is 10.2. The fraction of sp³-hybridized carbons (Fsp3) is 0.167. The molecule has 0 aliphatic rings. The Hall–Kier alpha value is -2.67. The molecule has 1 aromatic rings. The minimum absolute atomic E-state index is 0.739. The van der Waals surface area contributed by atoms with Crippen LogP contribution in [0.2, 0.25) is 0 Å². The molecule has 0 saturated heterocycles. The summed E-state index contributed by atoms with van der Waals surface area (Å²) in [7, 11) is -0.739. The van der Waals surface area contributed by atoms with Crippen molar-refractivity contribution < 1.29 is 44.2 Å². The first-order valence-electron chi connectivity index (χ1n) is 5.56. The Kier molecular flexibility index (Phi) is 13.1. The maximum atomic E-state index is 10.2. The SMILES string of the molecule is O=C(O)CC(=O)O.O=C(O)CC(=O)O.O=[PH2]c1ccccc1. The van der Waals surface area contributed by atoms with E-state index >= 15 is 0 Å². The quantitative estimate of drug-likeness (QED) is 0.433. The van der Waals surface area contributed by atoms with Crippen molar-refractivity contribution in [2.45, 2.75) is 12.8 Å². The highest BCUT2D eigenvalue weighted by Crippen LogP contribution is 1.92. The van der Waals surface area contributed by atoms with Gasteiger partial charge in [-0.15, -0.1) is 0 Å². The predicted molar refractivity (Wildman–Crippen MR) is 76.2 cm³/mol. The lowest BCUT2D eigenvalue weighted by Gasteiger charge is -1.82. The van der Waals surface area contributed by atoms with E-state index < -0.39 is 45.2 Å². The molecular formula is C12H15O9P. The molecule has 0 aliphatic carbocycles. The maximum Gasteiger partial charge on any atom is 0.314 e. The van der Waals surface area contributed by atoms with Crippen LogP contribution in [0.1, 0.15) is 12.8 Å². The monoisotopic (exact) mass is 334 g/mol. The van der Waals surface area contributed by atoms with E-state index in [1.54, 1.807) is 0 Å². The third-order valence-corrected chi connectivity index (χ3v) is 2.20. The number of hydrogen-bond acceptors (Lipinski definition) is 5. The van der Waals surface area contributed by atoms with E-state index in [9.17, 15) is 23.7 Å². The summed E-state index contributed by atoms with van der Waals surface area (Å²) in [5.74, 6) is -5.25. The summed E-state index contributed by atoms with van der Waals surface area (Å²) in [6, 6.07) is 9.42. The van der Waals surface area contributed by atoms with Crippen molar-refractivity contribution in [1.29, 1.82) is 0 Å². The van der Waals surface area contributed by atoms with E-state index in [1.165, 1.54) is 0 Å². The van der Waals surface area contributed by atoms with Crippen LogP contribution in [0.3, 0.4) is 0 Å². The number of rotatable bonds is 5. The Morgan fingerprint density at radius 2 is 1.05 bits per heavy atom. The summed E-state index contributed by atoms with van der Waals surface area (Å²) in [5.41, 5.74) is 0. The first-order chi connectivity index (χ1) is 10.2. The molecule has 0 fully saturated rings. The topological polar surface area (TPSA) is 166 Å². The second kappa shape index (κ2) is 13.3. The second-order valence-electron chi connectivity index (χ2n) is 3.46. The van der Waals surface area contributed by atoms with Gasteiger partial charge in [-0.3, -0.25) is 19.2 Å². The Bertz CT molecular complexity index is 463. The van der Waals surface area contributed by atoms with Gasteiger partial charge in [0.1, 0.15) is 12.8 Å². The number of aliphatic carboxylic acids is 4. The molecule has 1 unspecified atom stereocenters. The van der Waals surface area contributed by atoms with E-state index in [0.717, 1.165) is 5.30 Å². The van der Waals surface area contributed by atoms with Crippen molar-refractivity contribution in [1.82, 2.24) is 0 Å². The lowest BCUT2D eigenvalue weighted by Crippen LogP contribution is -2.03. The van der Waals surface area contributed by atoms with Crippen LogP contribution in [0.15, 0.2) is 30.3 Å². The smallest absolute Gasteiger partial charge is 0.314 e. The van der Waals surface area contributed by atoms with E-state index in [2.05, 4.69) is 0 Å². The van der Waals surface area contributed by atoms with Gasteiger partial charge >= 0.3 is 23.9 Å². The number of carboxylic acid groups (broad SMARTS) is 4. The highest BCUT2D eigenvalue weighted by molar-refractivity contribution is 7.34. The molecule has 122 valence electrons. The highest BCUT2D eigenvalue weighted by Gasteiger charge is 2.02. The normalized spacial score (nSPS) is 8.91. The Morgan fingerprint density at radius 1 is 0.727 bits per heavy atom. The predicted octanol–water partition coefficient (Wildman–Crippen LogP) is 0.160. The van der Waals surface area contributed by atoms with Crippen molar-refractivity contribution in [3.63, 3.8) is 0 Å². The molecule has 0 spiro atoms. The minimum Gasteiger partial charge on any atom is -0.481 e. The van der Waals surface area contributed by atoms with Gasteiger partial charge in [-0.05, 0) is 0 Å². The van der Waals surface area contributed by atoms with E-state index in [0.29, 0.717) is 0 Å². The van der Waals surface area contributed by atoms with Gasteiger partial charge in [-0.1, -0.05) is 30.3 Å². The summed E-state index contributed by atoms with van der Waals surface area (Å²) in [6.45, 7) is 0. The average molecular weight is 334 g/mol. The summed E-state index contributed by atoms with van der Waals surface area (Å²) in [6.07, 6.45) is -1.61. The van der Waals surface area contributed by atoms with Gasteiger partial charge in [0.2, 0.25) is 0 Å². The van der Waals surface area contributed by atoms with Gasteiger partial charge in [-0.25, -0.2) is 0 Å². The van der Waals surface area contributed by atoms with Gasteiger partial charge in [-0.2, -0.15) is 0 Å². The van der Waals surface area contributed by atoms with Crippen LogP contribution in [0.25, 0.3) is 0 Å². The Labute approximate surface area is 126 Å². The maximum absolute atomic E-state index is 10.2. The van der Waals surface area contributed by atoms with Gasteiger partial charge in [0.15, 0.2) is 0 Å². The van der Waals surface area contributed by atoms with Crippen molar-refractivity contribution in [2.24, 2.45) is 0 Å². The van der Waals surface area contributed by atoms with Crippen molar-refractivity contribution >= 4 is 37.6 Å². The van der Waals surface area contributed by atoms with Crippen LogP contribution >= 0.6 is 8.46 Å². The molecule has 1 rings (SSSR count). The molecule has 0 aliphatic heterocycles. The Morgan fingerprint density at radius 3 is 1.18 bits per heavy atom. The molecule has 1 atom stereocenters. The first kappa shape index (κ1) is 21.6. The lowest BCUT2D eigenvalue weighted by molar-refractivity contribution is -0.149. The Balaban J connectivity index is 0.